The van der Waals surface area contributed by atoms with Crippen LogP contribution in [0.2, 0.25) is 10.0 Å². The topological polar surface area (TPSA) is 70.7 Å². The van der Waals surface area contributed by atoms with Crippen molar-refractivity contribution in [3.05, 3.63) is 79.4 Å². The fraction of sp³-hybridized carbons (Fsp3) is 0.0526. The van der Waals surface area contributed by atoms with Crippen LogP contribution in [0.1, 0.15) is 0 Å². The van der Waals surface area contributed by atoms with E-state index in [1.54, 1.807) is 18.2 Å². The molecule has 2 aromatic heterocycles. The smallest absolute Gasteiger partial charge is 0.271 e. The van der Waals surface area contributed by atoms with Crippen LogP contribution in [0.4, 0.5) is 0 Å². The molecular weight excluding hydrogens is 373 g/mol. The minimum atomic E-state index is -0.434. The van der Waals surface area contributed by atoms with E-state index in [1.165, 1.54) is 0 Å². The number of aromatic amines is 2. The Morgan fingerprint density at radius 1 is 0.885 bits per heavy atom. The summed E-state index contributed by atoms with van der Waals surface area (Å²) in [6.07, 6.45) is 1.84. The van der Waals surface area contributed by atoms with Crippen molar-refractivity contribution in [3.8, 4) is 22.3 Å². The van der Waals surface area contributed by atoms with Crippen LogP contribution < -0.4 is 11.1 Å². The Morgan fingerprint density at radius 3 is 2.23 bits per heavy atom. The lowest BCUT2D eigenvalue weighted by Crippen LogP contribution is -2.23. The molecule has 0 radical (unpaired) electrons. The number of H-pyrrole nitrogens is 2. The first kappa shape index (κ1) is 16.7. The molecule has 0 saturated heterocycles. The van der Waals surface area contributed by atoms with Gasteiger partial charge in [0, 0.05) is 40.3 Å². The van der Waals surface area contributed by atoms with E-state index < -0.39 is 11.1 Å². The molecule has 0 aliphatic carbocycles. The van der Waals surface area contributed by atoms with Gasteiger partial charge in [0.05, 0.1) is 16.1 Å². The van der Waals surface area contributed by atoms with E-state index in [0.29, 0.717) is 21.2 Å². The van der Waals surface area contributed by atoms with Crippen LogP contribution in [-0.2, 0) is 7.05 Å². The molecule has 130 valence electrons. The third kappa shape index (κ3) is 2.57. The fourth-order valence-electron chi connectivity index (χ4n) is 3.21. The van der Waals surface area contributed by atoms with Gasteiger partial charge in [-0.15, -0.1) is 0 Å². The summed E-state index contributed by atoms with van der Waals surface area (Å²) in [6, 6.07) is 12.5. The third-order valence-electron chi connectivity index (χ3n) is 4.36. The maximum absolute atomic E-state index is 12.7. The summed E-state index contributed by atoms with van der Waals surface area (Å²) in [6.45, 7) is 0. The number of benzene rings is 2. The number of aryl methyl sites for hydroxylation is 1. The molecule has 0 bridgehead atoms. The van der Waals surface area contributed by atoms with Crippen LogP contribution in [0, 0.1) is 0 Å². The first-order chi connectivity index (χ1) is 12.5. The van der Waals surface area contributed by atoms with Crippen molar-refractivity contribution in [1.82, 2.24) is 14.8 Å². The summed E-state index contributed by atoms with van der Waals surface area (Å²) in [5, 5.41) is 6.42. The number of para-hydroxylation sites is 1. The molecule has 5 nitrogen and oxygen atoms in total. The van der Waals surface area contributed by atoms with E-state index in [0.717, 1.165) is 10.9 Å². The number of nitrogens with zero attached hydrogens (tertiary/aromatic N) is 1. The molecule has 0 aliphatic rings. The van der Waals surface area contributed by atoms with Gasteiger partial charge < -0.3 is 4.57 Å². The van der Waals surface area contributed by atoms with E-state index in [-0.39, 0.29) is 11.1 Å². The Balaban J connectivity index is 2.14. The van der Waals surface area contributed by atoms with Gasteiger partial charge in [0.1, 0.15) is 0 Å². The van der Waals surface area contributed by atoms with Crippen LogP contribution in [0.15, 0.2) is 58.3 Å². The number of halogens is 2. The maximum Gasteiger partial charge on any atom is 0.271 e. The average molecular weight is 386 g/mol. The van der Waals surface area contributed by atoms with Crippen LogP contribution in [-0.4, -0.2) is 14.8 Å². The molecule has 0 unspecified atom stereocenters. The normalized spacial score (nSPS) is 11.2. The van der Waals surface area contributed by atoms with Gasteiger partial charge in [0.2, 0.25) is 0 Å². The largest absolute Gasteiger partial charge is 0.350 e. The van der Waals surface area contributed by atoms with Crippen LogP contribution in [0.25, 0.3) is 33.2 Å². The van der Waals surface area contributed by atoms with E-state index in [1.807, 2.05) is 42.1 Å². The maximum atomic E-state index is 12.7. The molecule has 0 fully saturated rings. The molecule has 4 rings (SSSR count). The standard InChI is InChI=1S/C19H13Cl2N3O2/c1-24-9-13(11-4-2-3-5-15(11)24)17-16(18(25)22-23-19(17)26)12-7-6-10(20)8-14(12)21/h2-9H,1H3,(H,22,25)(H,23,26). The second-order valence-corrected chi connectivity index (χ2v) is 6.80. The lowest BCUT2D eigenvalue weighted by atomic mass is 9.97. The molecule has 2 aromatic carbocycles. The number of nitrogens with one attached hydrogen (secondary N) is 2. The van der Waals surface area contributed by atoms with E-state index in [4.69, 9.17) is 23.2 Å². The highest BCUT2D eigenvalue weighted by Crippen LogP contribution is 2.36. The number of hydrogen-bond acceptors (Lipinski definition) is 2. The first-order valence-corrected chi connectivity index (χ1v) is 8.58. The minimum absolute atomic E-state index is 0.215. The van der Waals surface area contributed by atoms with E-state index in [9.17, 15) is 9.59 Å². The molecule has 0 aliphatic heterocycles. The highest BCUT2D eigenvalue weighted by molar-refractivity contribution is 6.36. The summed E-state index contributed by atoms with van der Waals surface area (Å²) in [7, 11) is 1.89. The second kappa shape index (κ2) is 6.20. The number of hydrogen-bond donors (Lipinski definition) is 2. The Kier molecular flexibility index (Phi) is 3.98. The SMILES string of the molecule is Cn1cc(-c2c(-c3ccc(Cl)cc3Cl)c(=O)[nH][nH]c2=O)c2ccccc21. The van der Waals surface area contributed by atoms with Crippen molar-refractivity contribution in [2.75, 3.05) is 0 Å². The number of aromatic nitrogens is 3. The lowest BCUT2D eigenvalue weighted by Gasteiger charge is -2.09. The first-order valence-electron chi connectivity index (χ1n) is 7.82. The van der Waals surface area contributed by atoms with Crippen molar-refractivity contribution in [1.29, 1.82) is 0 Å². The molecule has 2 heterocycles. The quantitative estimate of drug-likeness (QED) is 0.542. The Hall–Kier alpha value is -2.76. The molecule has 0 saturated carbocycles. The second-order valence-electron chi connectivity index (χ2n) is 5.95. The highest BCUT2D eigenvalue weighted by atomic mass is 35.5. The number of fused-ring (bicyclic) bond motifs is 1. The highest BCUT2D eigenvalue weighted by Gasteiger charge is 2.21. The summed E-state index contributed by atoms with van der Waals surface area (Å²) in [5.74, 6) is 0. The lowest BCUT2D eigenvalue weighted by molar-refractivity contribution is 0.953. The van der Waals surface area contributed by atoms with Gasteiger partial charge in [0.15, 0.2) is 0 Å². The van der Waals surface area contributed by atoms with Crippen molar-refractivity contribution < 1.29 is 0 Å². The van der Waals surface area contributed by atoms with Gasteiger partial charge in [-0.1, -0.05) is 47.5 Å². The van der Waals surface area contributed by atoms with Gasteiger partial charge in [-0.05, 0) is 18.2 Å². The van der Waals surface area contributed by atoms with Crippen LogP contribution >= 0.6 is 23.2 Å². The summed E-state index contributed by atoms with van der Waals surface area (Å²) < 4.78 is 1.92. The Labute approximate surface area is 157 Å². The van der Waals surface area contributed by atoms with Crippen LogP contribution in [0.3, 0.4) is 0 Å². The van der Waals surface area contributed by atoms with Crippen molar-refractivity contribution in [2.45, 2.75) is 0 Å². The van der Waals surface area contributed by atoms with Crippen molar-refractivity contribution in [3.63, 3.8) is 0 Å². The van der Waals surface area contributed by atoms with Gasteiger partial charge in [-0.2, -0.15) is 0 Å². The Bertz CT molecular complexity index is 1270. The van der Waals surface area contributed by atoms with Crippen molar-refractivity contribution >= 4 is 34.1 Å². The number of rotatable bonds is 2. The fourth-order valence-corrected chi connectivity index (χ4v) is 3.72. The Morgan fingerprint density at radius 2 is 1.54 bits per heavy atom. The molecule has 0 amide bonds. The van der Waals surface area contributed by atoms with E-state index >= 15 is 0 Å². The van der Waals surface area contributed by atoms with Gasteiger partial charge in [-0.25, -0.2) is 0 Å². The molecule has 0 atom stereocenters. The summed E-state index contributed by atoms with van der Waals surface area (Å²) in [4.78, 5) is 25.3. The summed E-state index contributed by atoms with van der Waals surface area (Å²) in [5.41, 5.74) is 1.72. The molecule has 4 aromatic rings. The van der Waals surface area contributed by atoms with Gasteiger partial charge in [-0.3, -0.25) is 19.8 Å². The average Bonchev–Trinajstić information content (AvgIpc) is 2.94. The van der Waals surface area contributed by atoms with Crippen LogP contribution in [0.5, 0.6) is 0 Å². The molecule has 26 heavy (non-hydrogen) atoms. The predicted molar refractivity (Wildman–Crippen MR) is 105 cm³/mol. The molecule has 0 spiro atoms. The van der Waals surface area contributed by atoms with Crippen molar-refractivity contribution in [2.24, 2.45) is 7.05 Å². The minimum Gasteiger partial charge on any atom is -0.350 e. The third-order valence-corrected chi connectivity index (χ3v) is 4.91. The van der Waals surface area contributed by atoms with E-state index in [2.05, 4.69) is 10.2 Å². The monoisotopic (exact) mass is 385 g/mol. The molecule has 2 N–H and O–H groups in total. The zero-order chi connectivity index (χ0) is 18.4. The molecule has 7 heteroatoms. The zero-order valence-corrected chi connectivity index (χ0v) is 15.2. The predicted octanol–water partition coefficient (Wildman–Crippen LogP) is 4.20. The molecular formula is C19H13Cl2N3O2. The van der Waals surface area contributed by atoms with Gasteiger partial charge >= 0.3 is 0 Å². The van der Waals surface area contributed by atoms with Gasteiger partial charge in [0.25, 0.3) is 11.1 Å². The zero-order valence-electron chi connectivity index (χ0n) is 13.6. The summed E-state index contributed by atoms with van der Waals surface area (Å²) >= 11 is 12.3.